The lowest BCUT2D eigenvalue weighted by Gasteiger charge is -2.52. The molecule has 2 bridgehead atoms. The molecule has 1 aromatic heterocycles. The van der Waals surface area contributed by atoms with E-state index in [0.717, 1.165) is 60.3 Å². The maximum Gasteiger partial charge on any atom is 0.416 e. The van der Waals surface area contributed by atoms with Crippen LogP contribution >= 0.6 is 12.2 Å². The van der Waals surface area contributed by atoms with Crippen molar-refractivity contribution < 1.29 is 17.9 Å². The minimum atomic E-state index is -4.43. The number of piperidine rings is 3. The number of ether oxygens (including phenoxy) is 1. The highest BCUT2D eigenvalue weighted by atomic mass is 32.1. The van der Waals surface area contributed by atoms with E-state index in [2.05, 4.69) is 27.4 Å². The average Bonchev–Trinajstić information content (AvgIpc) is 2.90. The fourth-order valence-electron chi connectivity index (χ4n) is 6.24. The van der Waals surface area contributed by atoms with E-state index in [1.807, 2.05) is 24.3 Å². The highest BCUT2D eigenvalue weighted by Gasteiger charge is 2.43. The number of hydrogen-bond acceptors (Lipinski definition) is 4. The zero-order valence-electron chi connectivity index (χ0n) is 21.8. The number of nitrogens with one attached hydrogen (secondary N) is 2. The molecule has 0 aliphatic carbocycles. The molecule has 3 fully saturated rings. The molecule has 4 heterocycles. The Morgan fingerprint density at radius 2 is 2.03 bits per heavy atom. The number of anilines is 1. The van der Waals surface area contributed by atoms with Crippen LogP contribution in [0.2, 0.25) is 0 Å². The molecule has 9 heteroatoms. The van der Waals surface area contributed by atoms with Gasteiger partial charge in [0.25, 0.3) is 0 Å². The number of aryl methyl sites for hydroxylation is 1. The molecule has 3 aromatic rings. The largest absolute Gasteiger partial charge is 0.497 e. The van der Waals surface area contributed by atoms with Crippen LogP contribution in [0.3, 0.4) is 0 Å². The molecule has 0 saturated carbocycles. The summed E-state index contributed by atoms with van der Waals surface area (Å²) in [4.78, 5) is 7.11. The highest BCUT2D eigenvalue weighted by molar-refractivity contribution is 7.80. The van der Waals surface area contributed by atoms with Crippen LogP contribution < -0.4 is 15.4 Å². The van der Waals surface area contributed by atoms with Crippen LogP contribution in [0.15, 0.2) is 48.7 Å². The summed E-state index contributed by atoms with van der Waals surface area (Å²) in [6, 6.07) is 11.7. The predicted molar refractivity (Wildman–Crippen MR) is 148 cm³/mol. The van der Waals surface area contributed by atoms with Crippen molar-refractivity contribution in [2.45, 2.75) is 51.4 Å². The number of aromatic nitrogens is 1. The van der Waals surface area contributed by atoms with E-state index in [1.54, 1.807) is 26.3 Å². The summed E-state index contributed by atoms with van der Waals surface area (Å²) in [7, 11) is 1.64. The second-order valence-electron chi connectivity index (χ2n) is 10.5. The SMILES string of the molecule is CCC1CN2CCC1C[C@H]2[C@@H](NC(=S)Nc1cc(C)cc(C(F)(F)F)c1)c1ccnc2ccc(OC)cc12. The van der Waals surface area contributed by atoms with Crippen LogP contribution in [0.5, 0.6) is 5.75 Å². The second-order valence-corrected chi connectivity index (χ2v) is 10.9. The molecule has 38 heavy (non-hydrogen) atoms. The van der Waals surface area contributed by atoms with E-state index < -0.39 is 11.7 Å². The Labute approximate surface area is 226 Å². The van der Waals surface area contributed by atoms with Gasteiger partial charge in [-0.3, -0.25) is 9.88 Å². The van der Waals surface area contributed by atoms with Crippen LogP contribution in [0, 0.1) is 18.8 Å². The molecular formula is C29H33F3N4OS. The molecule has 3 aliphatic rings. The third-order valence-corrected chi connectivity index (χ3v) is 8.33. The number of hydrogen-bond donors (Lipinski definition) is 2. The van der Waals surface area contributed by atoms with Gasteiger partial charge < -0.3 is 15.4 Å². The molecule has 0 spiro atoms. The van der Waals surface area contributed by atoms with Crippen LogP contribution in [0.4, 0.5) is 18.9 Å². The first-order chi connectivity index (χ1) is 18.2. The van der Waals surface area contributed by atoms with Crippen molar-refractivity contribution in [1.82, 2.24) is 15.2 Å². The van der Waals surface area contributed by atoms with Gasteiger partial charge in [-0.15, -0.1) is 0 Å². The van der Waals surface area contributed by atoms with E-state index in [9.17, 15) is 13.2 Å². The normalized spacial score (nSPS) is 23.7. The Bertz CT molecular complexity index is 1330. The quantitative estimate of drug-likeness (QED) is 0.338. The number of rotatable bonds is 6. The van der Waals surface area contributed by atoms with Gasteiger partial charge in [0.15, 0.2) is 5.11 Å². The smallest absolute Gasteiger partial charge is 0.416 e. The van der Waals surface area contributed by atoms with Crippen molar-refractivity contribution in [2.24, 2.45) is 11.8 Å². The minimum Gasteiger partial charge on any atom is -0.497 e. The van der Waals surface area contributed by atoms with E-state index >= 15 is 0 Å². The number of fused-ring (bicyclic) bond motifs is 4. The van der Waals surface area contributed by atoms with E-state index in [0.29, 0.717) is 23.1 Å². The molecule has 5 atom stereocenters. The van der Waals surface area contributed by atoms with Gasteiger partial charge >= 0.3 is 6.18 Å². The molecule has 0 amide bonds. The first-order valence-electron chi connectivity index (χ1n) is 13.1. The summed E-state index contributed by atoms with van der Waals surface area (Å²) in [6.45, 7) is 5.98. The van der Waals surface area contributed by atoms with E-state index in [1.165, 1.54) is 6.42 Å². The Kier molecular flexibility index (Phi) is 7.51. The van der Waals surface area contributed by atoms with Gasteiger partial charge in [-0.1, -0.05) is 13.3 Å². The molecule has 2 N–H and O–H groups in total. The van der Waals surface area contributed by atoms with Gasteiger partial charge in [0.2, 0.25) is 0 Å². The molecule has 3 saturated heterocycles. The third kappa shape index (κ3) is 5.45. The zero-order chi connectivity index (χ0) is 27.0. The summed E-state index contributed by atoms with van der Waals surface area (Å²) in [6.07, 6.45) is 0.764. The van der Waals surface area contributed by atoms with E-state index in [4.69, 9.17) is 17.0 Å². The lowest BCUT2D eigenvalue weighted by molar-refractivity contribution is -0.137. The Balaban J connectivity index is 1.49. The summed E-state index contributed by atoms with van der Waals surface area (Å²) >= 11 is 5.70. The van der Waals surface area contributed by atoms with Crippen molar-refractivity contribution in [2.75, 3.05) is 25.5 Å². The Morgan fingerprint density at radius 3 is 2.71 bits per heavy atom. The summed E-state index contributed by atoms with van der Waals surface area (Å²) in [5.41, 5.74) is 2.02. The van der Waals surface area contributed by atoms with Crippen LogP contribution in [-0.2, 0) is 6.18 Å². The first-order valence-corrected chi connectivity index (χ1v) is 13.5. The van der Waals surface area contributed by atoms with Gasteiger partial charge in [0.05, 0.1) is 24.2 Å². The maximum absolute atomic E-state index is 13.4. The lowest BCUT2D eigenvalue weighted by Crippen LogP contribution is -2.58. The molecule has 202 valence electrons. The minimum absolute atomic E-state index is 0.180. The number of benzene rings is 2. The lowest BCUT2D eigenvalue weighted by atomic mass is 9.72. The topological polar surface area (TPSA) is 49.4 Å². The van der Waals surface area contributed by atoms with Crippen molar-refractivity contribution in [3.8, 4) is 5.75 Å². The molecule has 3 unspecified atom stereocenters. The van der Waals surface area contributed by atoms with Crippen LogP contribution in [0.25, 0.3) is 10.9 Å². The van der Waals surface area contributed by atoms with Crippen LogP contribution in [-0.4, -0.2) is 41.2 Å². The number of methoxy groups -OCH3 is 1. The molecule has 2 aromatic carbocycles. The highest BCUT2D eigenvalue weighted by Crippen LogP contribution is 2.43. The fraction of sp³-hybridized carbons (Fsp3) is 0.448. The molecule has 0 radical (unpaired) electrons. The first kappa shape index (κ1) is 26.7. The van der Waals surface area contributed by atoms with Crippen LogP contribution in [0.1, 0.15) is 48.9 Å². The Morgan fingerprint density at radius 1 is 1.21 bits per heavy atom. The van der Waals surface area contributed by atoms with E-state index in [-0.39, 0.29) is 17.2 Å². The van der Waals surface area contributed by atoms with Crippen molar-refractivity contribution in [3.05, 3.63) is 65.4 Å². The number of thiocarbonyl (C=S) groups is 1. The van der Waals surface area contributed by atoms with Gasteiger partial charge in [-0.25, -0.2) is 0 Å². The average molecular weight is 543 g/mol. The number of nitrogens with zero attached hydrogens (tertiary/aromatic N) is 2. The summed E-state index contributed by atoms with van der Waals surface area (Å²) in [5, 5.41) is 7.79. The van der Waals surface area contributed by atoms with Gasteiger partial charge in [0, 0.05) is 29.9 Å². The maximum atomic E-state index is 13.4. The number of alkyl halides is 3. The standard InChI is InChI=1S/C29H33F3N4OS/c1-4-18-16-36-10-8-19(18)13-26(36)27(23-7-9-33-25-6-5-22(37-3)15-24(23)25)35-28(38)34-21-12-17(2)11-20(14-21)29(30,31)32/h5-7,9,11-12,14-15,18-19,26-27H,4,8,10,13,16H2,1-3H3,(H2,34,35,38)/t18?,19?,26-,27-/m0/s1. The predicted octanol–water partition coefficient (Wildman–Crippen LogP) is 6.72. The van der Waals surface area contributed by atoms with Crippen molar-refractivity contribution in [1.29, 1.82) is 0 Å². The molecule has 3 aliphatic heterocycles. The zero-order valence-corrected chi connectivity index (χ0v) is 22.6. The summed E-state index contributed by atoms with van der Waals surface area (Å²) in [5.74, 6) is 2.07. The van der Waals surface area contributed by atoms with Gasteiger partial charge in [-0.2, -0.15) is 13.2 Å². The Hall–Kier alpha value is -2.91. The van der Waals surface area contributed by atoms with Gasteiger partial charge in [-0.05, 0) is 104 Å². The third-order valence-electron chi connectivity index (χ3n) is 8.11. The molecule has 6 rings (SSSR count). The fourth-order valence-corrected chi connectivity index (χ4v) is 6.49. The monoisotopic (exact) mass is 542 g/mol. The molecule has 5 nitrogen and oxygen atoms in total. The molecular weight excluding hydrogens is 509 g/mol. The van der Waals surface area contributed by atoms with Gasteiger partial charge in [0.1, 0.15) is 5.75 Å². The van der Waals surface area contributed by atoms with Crippen molar-refractivity contribution >= 4 is 33.9 Å². The number of pyridine rings is 1. The second kappa shape index (κ2) is 10.7. The number of halogens is 3. The van der Waals surface area contributed by atoms with Crippen molar-refractivity contribution in [3.63, 3.8) is 0 Å². The summed E-state index contributed by atoms with van der Waals surface area (Å²) < 4.78 is 45.8.